The van der Waals surface area contributed by atoms with E-state index in [1.54, 1.807) is 30.3 Å². The minimum absolute atomic E-state index is 0.0372. The Balaban J connectivity index is 2.09. The van der Waals surface area contributed by atoms with Crippen LogP contribution in [0.3, 0.4) is 0 Å². The van der Waals surface area contributed by atoms with Crippen molar-refractivity contribution in [3.8, 4) is 5.75 Å². The van der Waals surface area contributed by atoms with Gasteiger partial charge in [-0.05, 0) is 36.4 Å². The molecule has 2 aromatic rings. The fourth-order valence-corrected chi connectivity index (χ4v) is 3.01. The van der Waals surface area contributed by atoms with E-state index in [0.717, 1.165) is 0 Å². The molecule has 0 spiro atoms. The fourth-order valence-electron chi connectivity index (χ4n) is 1.85. The highest BCUT2D eigenvalue weighted by molar-refractivity contribution is 7.89. The molecule has 0 heterocycles. The van der Waals surface area contributed by atoms with E-state index in [1.807, 2.05) is 0 Å². The van der Waals surface area contributed by atoms with E-state index < -0.39 is 22.1 Å². The summed E-state index contributed by atoms with van der Waals surface area (Å²) in [7, 11) is -2.60. The quantitative estimate of drug-likeness (QED) is 0.757. The molecule has 1 unspecified atom stereocenters. The van der Waals surface area contributed by atoms with Crippen LogP contribution in [0.2, 0.25) is 5.02 Å². The fraction of sp³-hybridized carbons (Fsp3) is 0.188. The molecule has 0 bridgehead atoms. The second-order valence-electron chi connectivity index (χ2n) is 4.75. The SMILES string of the molecule is COC(=O)C(CNS(=O)(=O)c1ccc(Cl)cc1)Oc1ccccc1. The molecule has 2 rings (SSSR count). The van der Waals surface area contributed by atoms with Crippen molar-refractivity contribution in [1.29, 1.82) is 0 Å². The Bertz CT molecular complexity index is 778. The lowest BCUT2D eigenvalue weighted by Crippen LogP contribution is -2.41. The first kappa shape index (κ1) is 18.3. The maximum atomic E-state index is 12.2. The summed E-state index contributed by atoms with van der Waals surface area (Å²) in [5, 5.41) is 0.425. The van der Waals surface area contributed by atoms with Crippen molar-refractivity contribution in [2.75, 3.05) is 13.7 Å². The highest BCUT2D eigenvalue weighted by Gasteiger charge is 2.24. The molecule has 128 valence electrons. The number of nitrogens with one attached hydrogen (secondary N) is 1. The minimum atomic E-state index is -3.80. The molecule has 24 heavy (non-hydrogen) atoms. The molecular formula is C16H16ClNO5S. The maximum Gasteiger partial charge on any atom is 0.348 e. The first-order valence-corrected chi connectivity index (χ1v) is 8.83. The smallest absolute Gasteiger partial charge is 0.348 e. The summed E-state index contributed by atoms with van der Waals surface area (Å²) in [5.74, 6) is -0.253. The molecule has 1 N–H and O–H groups in total. The Morgan fingerprint density at radius 3 is 2.33 bits per heavy atom. The number of carbonyl (C=O) groups is 1. The van der Waals surface area contributed by atoms with Gasteiger partial charge in [0.15, 0.2) is 0 Å². The number of rotatable bonds is 7. The summed E-state index contributed by atoms with van der Waals surface area (Å²) >= 11 is 5.74. The number of sulfonamides is 1. The van der Waals surface area contributed by atoms with Crippen LogP contribution in [0.15, 0.2) is 59.5 Å². The third-order valence-electron chi connectivity index (χ3n) is 3.07. The number of halogens is 1. The number of esters is 1. The van der Waals surface area contributed by atoms with Crippen molar-refractivity contribution in [1.82, 2.24) is 4.72 Å². The van der Waals surface area contributed by atoms with Crippen LogP contribution in [0.5, 0.6) is 5.75 Å². The zero-order valence-electron chi connectivity index (χ0n) is 12.8. The van der Waals surface area contributed by atoms with Crippen molar-refractivity contribution < 1.29 is 22.7 Å². The third kappa shape index (κ3) is 4.95. The van der Waals surface area contributed by atoms with Crippen LogP contribution in [0, 0.1) is 0 Å². The molecule has 8 heteroatoms. The lowest BCUT2D eigenvalue weighted by Gasteiger charge is -2.17. The molecule has 0 saturated carbocycles. The van der Waals surface area contributed by atoms with Crippen molar-refractivity contribution in [3.05, 3.63) is 59.6 Å². The summed E-state index contributed by atoms with van der Waals surface area (Å²) < 4.78 is 37.0. The van der Waals surface area contributed by atoms with Crippen molar-refractivity contribution in [2.45, 2.75) is 11.0 Å². The number of hydrogen-bond acceptors (Lipinski definition) is 5. The molecule has 6 nitrogen and oxygen atoms in total. The third-order valence-corrected chi connectivity index (χ3v) is 4.76. The molecule has 0 aliphatic rings. The van der Waals surface area contributed by atoms with Gasteiger partial charge in [0.25, 0.3) is 0 Å². The standard InChI is InChI=1S/C16H16ClNO5S/c1-22-16(19)15(23-13-5-3-2-4-6-13)11-18-24(20,21)14-9-7-12(17)8-10-14/h2-10,15,18H,11H2,1H3. The monoisotopic (exact) mass is 369 g/mol. The number of methoxy groups -OCH3 is 1. The van der Waals surface area contributed by atoms with Gasteiger partial charge in [0.05, 0.1) is 18.6 Å². The maximum absolute atomic E-state index is 12.2. The van der Waals surface area contributed by atoms with Gasteiger partial charge in [-0.25, -0.2) is 17.9 Å². The summed E-state index contributed by atoms with van der Waals surface area (Å²) in [6.07, 6.45) is -1.11. The molecule has 0 radical (unpaired) electrons. The van der Waals surface area contributed by atoms with Crippen LogP contribution in [0.4, 0.5) is 0 Å². The largest absolute Gasteiger partial charge is 0.477 e. The van der Waals surface area contributed by atoms with Gasteiger partial charge >= 0.3 is 5.97 Å². The van der Waals surface area contributed by atoms with E-state index in [0.29, 0.717) is 10.8 Å². The van der Waals surface area contributed by atoms with Crippen LogP contribution in [-0.2, 0) is 19.6 Å². The summed E-state index contributed by atoms with van der Waals surface area (Å²) in [5.41, 5.74) is 0. The second-order valence-corrected chi connectivity index (χ2v) is 6.95. The van der Waals surface area contributed by atoms with Crippen LogP contribution in [0.1, 0.15) is 0 Å². The topological polar surface area (TPSA) is 81.7 Å². The van der Waals surface area contributed by atoms with E-state index in [1.165, 1.54) is 31.4 Å². The van der Waals surface area contributed by atoms with Gasteiger partial charge in [0, 0.05) is 5.02 Å². The lowest BCUT2D eigenvalue weighted by molar-refractivity contribution is -0.148. The molecule has 0 aliphatic heterocycles. The van der Waals surface area contributed by atoms with Gasteiger partial charge in [-0.2, -0.15) is 0 Å². The summed E-state index contributed by atoms with van der Waals surface area (Å²) in [6, 6.07) is 14.3. The van der Waals surface area contributed by atoms with Crippen molar-refractivity contribution in [3.63, 3.8) is 0 Å². The van der Waals surface area contributed by atoms with Gasteiger partial charge in [0.2, 0.25) is 16.1 Å². The average Bonchev–Trinajstić information content (AvgIpc) is 2.59. The molecule has 2 aromatic carbocycles. The van der Waals surface area contributed by atoms with Crippen LogP contribution >= 0.6 is 11.6 Å². The number of ether oxygens (including phenoxy) is 2. The van der Waals surface area contributed by atoms with E-state index in [2.05, 4.69) is 9.46 Å². The molecular weight excluding hydrogens is 354 g/mol. The average molecular weight is 370 g/mol. The van der Waals surface area contributed by atoms with E-state index in [-0.39, 0.29) is 11.4 Å². The highest BCUT2D eigenvalue weighted by atomic mass is 35.5. The first-order chi connectivity index (χ1) is 11.4. The zero-order chi connectivity index (χ0) is 17.6. The van der Waals surface area contributed by atoms with Gasteiger partial charge < -0.3 is 9.47 Å². The Morgan fingerprint density at radius 1 is 1.12 bits per heavy atom. The number of carbonyl (C=O) groups excluding carboxylic acids is 1. The van der Waals surface area contributed by atoms with E-state index >= 15 is 0 Å². The predicted octanol–water partition coefficient (Wildman–Crippen LogP) is 2.24. The second kappa shape index (κ2) is 8.14. The summed E-state index contributed by atoms with van der Waals surface area (Å²) in [6.45, 7) is -0.271. The molecule has 1 atom stereocenters. The first-order valence-electron chi connectivity index (χ1n) is 6.97. The number of para-hydroxylation sites is 1. The number of benzene rings is 2. The predicted molar refractivity (Wildman–Crippen MR) is 89.5 cm³/mol. The van der Waals surface area contributed by atoms with Crippen molar-refractivity contribution >= 4 is 27.6 Å². The van der Waals surface area contributed by atoms with E-state index in [9.17, 15) is 13.2 Å². The molecule has 0 aromatic heterocycles. The Labute approximate surface area is 145 Å². The Kier molecular flexibility index (Phi) is 6.19. The van der Waals surface area contributed by atoms with Gasteiger partial charge in [-0.15, -0.1) is 0 Å². The van der Waals surface area contributed by atoms with Crippen LogP contribution in [0.25, 0.3) is 0 Å². The van der Waals surface area contributed by atoms with Gasteiger partial charge in [0.1, 0.15) is 5.75 Å². The minimum Gasteiger partial charge on any atom is -0.477 e. The Hall–Kier alpha value is -2.09. The molecule has 0 saturated heterocycles. The molecule has 0 amide bonds. The van der Waals surface area contributed by atoms with Crippen LogP contribution < -0.4 is 9.46 Å². The highest BCUT2D eigenvalue weighted by Crippen LogP contribution is 2.15. The van der Waals surface area contributed by atoms with Crippen molar-refractivity contribution in [2.24, 2.45) is 0 Å². The molecule has 0 aliphatic carbocycles. The van der Waals surface area contributed by atoms with E-state index in [4.69, 9.17) is 16.3 Å². The van der Waals surface area contributed by atoms with Gasteiger partial charge in [-0.1, -0.05) is 29.8 Å². The zero-order valence-corrected chi connectivity index (χ0v) is 14.4. The Morgan fingerprint density at radius 2 is 1.75 bits per heavy atom. The lowest BCUT2D eigenvalue weighted by atomic mass is 10.3. The van der Waals surface area contributed by atoms with Crippen LogP contribution in [-0.4, -0.2) is 34.1 Å². The molecule has 0 fully saturated rings. The number of hydrogen-bond donors (Lipinski definition) is 1. The van der Waals surface area contributed by atoms with Gasteiger partial charge in [-0.3, -0.25) is 0 Å². The normalized spacial score (nSPS) is 12.4. The summed E-state index contributed by atoms with van der Waals surface area (Å²) in [4.78, 5) is 11.9.